The van der Waals surface area contributed by atoms with Gasteiger partial charge in [0.2, 0.25) is 0 Å². The minimum Gasteiger partial charge on any atom is -0.378 e. The quantitative estimate of drug-likeness (QED) is 0.773. The molecule has 0 saturated carbocycles. The number of rotatable bonds is 6. The number of ether oxygens (including phenoxy) is 1. The third-order valence-corrected chi connectivity index (χ3v) is 3.15. The van der Waals surface area contributed by atoms with E-state index >= 15 is 0 Å². The van der Waals surface area contributed by atoms with Crippen molar-refractivity contribution < 1.29 is 4.74 Å². The summed E-state index contributed by atoms with van der Waals surface area (Å²) >= 11 is 0. The van der Waals surface area contributed by atoms with Gasteiger partial charge < -0.3 is 10.1 Å². The topological polar surface area (TPSA) is 49.9 Å². The van der Waals surface area contributed by atoms with E-state index in [1.54, 1.807) is 6.20 Å². The van der Waals surface area contributed by atoms with Crippen LogP contribution in [-0.4, -0.2) is 29.0 Å². The highest BCUT2D eigenvalue weighted by Gasteiger charge is 2.16. The Morgan fingerprint density at radius 2 is 2.62 bits per heavy atom. The first-order valence-electron chi connectivity index (χ1n) is 6.18. The Morgan fingerprint density at radius 1 is 1.69 bits per heavy atom. The molecule has 0 aromatic carbocycles. The van der Waals surface area contributed by atoms with E-state index < -0.39 is 0 Å². The molecule has 0 amide bonds. The summed E-state index contributed by atoms with van der Waals surface area (Å²) in [5.41, 5.74) is 1.14. The van der Waals surface area contributed by atoms with Crippen molar-refractivity contribution in [2.45, 2.75) is 51.3 Å². The molecule has 0 spiro atoms. The van der Waals surface area contributed by atoms with E-state index in [0.29, 0.717) is 12.1 Å². The molecular weight excluding hydrogens is 202 g/mol. The molecule has 2 rings (SSSR count). The average molecular weight is 223 g/mol. The zero-order chi connectivity index (χ0) is 11.2. The summed E-state index contributed by atoms with van der Waals surface area (Å²) in [6.45, 7) is 4.05. The highest BCUT2D eigenvalue weighted by molar-refractivity contribution is 4.96. The lowest BCUT2D eigenvalue weighted by Crippen LogP contribution is -2.26. The van der Waals surface area contributed by atoms with Crippen LogP contribution in [0.1, 0.15) is 38.3 Å². The zero-order valence-electron chi connectivity index (χ0n) is 9.91. The van der Waals surface area contributed by atoms with Crippen LogP contribution in [0.2, 0.25) is 0 Å². The molecule has 1 aromatic rings. The fourth-order valence-corrected chi connectivity index (χ4v) is 2.08. The third kappa shape index (κ3) is 3.61. The molecule has 4 heteroatoms. The van der Waals surface area contributed by atoms with E-state index in [-0.39, 0.29) is 0 Å². The lowest BCUT2D eigenvalue weighted by atomic mass is 10.1. The van der Waals surface area contributed by atoms with Crippen LogP contribution in [0.25, 0.3) is 0 Å². The van der Waals surface area contributed by atoms with Crippen molar-refractivity contribution in [1.29, 1.82) is 0 Å². The Hall–Kier alpha value is -0.870. The molecule has 2 heterocycles. The summed E-state index contributed by atoms with van der Waals surface area (Å²) in [5, 5.41) is 10.4. The van der Waals surface area contributed by atoms with Crippen LogP contribution in [0, 0.1) is 0 Å². The molecule has 2 unspecified atom stereocenters. The first-order chi connectivity index (χ1) is 7.84. The Labute approximate surface area is 96.8 Å². The van der Waals surface area contributed by atoms with E-state index in [2.05, 4.69) is 22.4 Å². The third-order valence-electron chi connectivity index (χ3n) is 3.15. The molecule has 0 bridgehead atoms. The van der Waals surface area contributed by atoms with Crippen LogP contribution in [0.5, 0.6) is 0 Å². The predicted molar refractivity (Wildman–Crippen MR) is 63.1 cm³/mol. The van der Waals surface area contributed by atoms with Crippen molar-refractivity contribution in [1.82, 2.24) is 15.5 Å². The predicted octanol–water partition coefficient (Wildman–Crippen LogP) is 1.85. The van der Waals surface area contributed by atoms with Gasteiger partial charge in [0.05, 0.1) is 6.10 Å². The minimum atomic E-state index is 0.511. The molecule has 2 atom stereocenters. The van der Waals surface area contributed by atoms with Gasteiger partial charge in [-0.15, -0.1) is 0 Å². The number of aromatic nitrogens is 2. The van der Waals surface area contributed by atoms with Crippen molar-refractivity contribution in [3.8, 4) is 0 Å². The van der Waals surface area contributed by atoms with Crippen LogP contribution >= 0.6 is 0 Å². The maximum atomic E-state index is 5.61. The SMILES string of the molecule is CC(CCC1CCCO1)NCc1ccn[nH]1. The maximum Gasteiger partial charge on any atom is 0.0576 e. The minimum absolute atomic E-state index is 0.511. The second-order valence-electron chi connectivity index (χ2n) is 4.58. The second-order valence-corrected chi connectivity index (χ2v) is 4.58. The normalized spacial score (nSPS) is 22.4. The van der Waals surface area contributed by atoms with Gasteiger partial charge in [0.15, 0.2) is 0 Å². The van der Waals surface area contributed by atoms with E-state index in [0.717, 1.165) is 18.8 Å². The van der Waals surface area contributed by atoms with Gasteiger partial charge in [-0.1, -0.05) is 0 Å². The first-order valence-corrected chi connectivity index (χ1v) is 6.18. The molecule has 1 aliphatic rings. The fraction of sp³-hybridized carbons (Fsp3) is 0.750. The molecule has 16 heavy (non-hydrogen) atoms. The summed E-state index contributed by atoms with van der Waals surface area (Å²) in [6, 6.07) is 2.53. The Morgan fingerprint density at radius 3 is 3.31 bits per heavy atom. The summed E-state index contributed by atoms with van der Waals surface area (Å²) < 4.78 is 5.61. The Kier molecular flexibility index (Phi) is 4.36. The van der Waals surface area contributed by atoms with Gasteiger partial charge in [-0.3, -0.25) is 5.10 Å². The molecule has 90 valence electrons. The molecule has 1 fully saturated rings. The van der Waals surface area contributed by atoms with Crippen LogP contribution in [-0.2, 0) is 11.3 Å². The largest absolute Gasteiger partial charge is 0.378 e. The number of hydrogen-bond acceptors (Lipinski definition) is 3. The lowest BCUT2D eigenvalue weighted by molar-refractivity contribution is 0.100. The number of H-pyrrole nitrogens is 1. The van der Waals surface area contributed by atoms with Gasteiger partial charge in [-0.05, 0) is 38.7 Å². The zero-order valence-corrected chi connectivity index (χ0v) is 9.91. The Bertz CT molecular complexity index is 280. The molecular formula is C12H21N3O. The van der Waals surface area contributed by atoms with Crippen LogP contribution < -0.4 is 5.32 Å². The molecule has 1 aromatic heterocycles. The summed E-state index contributed by atoms with van der Waals surface area (Å²) in [6.07, 6.45) is 7.13. The van der Waals surface area contributed by atoms with E-state index in [1.807, 2.05) is 6.07 Å². The van der Waals surface area contributed by atoms with E-state index in [4.69, 9.17) is 4.74 Å². The molecule has 1 aliphatic heterocycles. The standard InChI is InChI=1S/C12H21N3O/c1-10(4-5-12-3-2-8-16-12)13-9-11-6-7-14-15-11/h6-7,10,12-13H,2-5,8-9H2,1H3,(H,14,15). The molecule has 0 aliphatic carbocycles. The van der Waals surface area contributed by atoms with Gasteiger partial charge in [0.25, 0.3) is 0 Å². The van der Waals surface area contributed by atoms with Gasteiger partial charge in [0, 0.05) is 31.1 Å². The molecule has 0 radical (unpaired) electrons. The van der Waals surface area contributed by atoms with E-state index in [1.165, 1.54) is 25.7 Å². The average Bonchev–Trinajstić information content (AvgIpc) is 2.96. The maximum absolute atomic E-state index is 5.61. The van der Waals surface area contributed by atoms with Crippen molar-refractivity contribution in [3.05, 3.63) is 18.0 Å². The lowest BCUT2D eigenvalue weighted by Gasteiger charge is -2.15. The van der Waals surface area contributed by atoms with Crippen molar-refractivity contribution in [3.63, 3.8) is 0 Å². The monoisotopic (exact) mass is 223 g/mol. The van der Waals surface area contributed by atoms with Crippen LogP contribution in [0.4, 0.5) is 0 Å². The second kappa shape index (κ2) is 6.01. The van der Waals surface area contributed by atoms with Crippen molar-refractivity contribution >= 4 is 0 Å². The highest BCUT2D eigenvalue weighted by Crippen LogP contribution is 2.17. The van der Waals surface area contributed by atoms with Gasteiger partial charge >= 0.3 is 0 Å². The van der Waals surface area contributed by atoms with Crippen LogP contribution in [0.15, 0.2) is 12.3 Å². The molecule has 1 saturated heterocycles. The number of nitrogens with zero attached hydrogens (tertiary/aromatic N) is 1. The molecule has 4 nitrogen and oxygen atoms in total. The van der Waals surface area contributed by atoms with Gasteiger partial charge in [-0.2, -0.15) is 5.10 Å². The summed E-state index contributed by atoms with van der Waals surface area (Å²) in [7, 11) is 0. The smallest absolute Gasteiger partial charge is 0.0576 e. The van der Waals surface area contributed by atoms with Gasteiger partial charge in [-0.25, -0.2) is 0 Å². The number of aromatic amines is 1. The fourth-order valence-electron chi connectivity index (χ4n) is 2.08. The van der Waals surface area contributed by atoms with Crippen molar-refractivity contribution in [2.24, 2.45) is 0 Å². The van der Waals surface area contributed by atoms with Crippen LogP contribution in [0.3, 0.4) is 0 Å². The molecule has 2 N–H and O–H groups in total. The summed E-state index contributed by atoms with van der Waals surface area (Å²) in [4.78, 5) is 0. The summed E-state index contributed by atoms with van der Waals surface area (Å²) in [5.74, 6) is 0. The first kappa shape index (κ1) is 11.6. The number of nitrogens with one attached hydrogen (secondary N) is 2. The van der Waals surface area contributed by atoms with Crippen molar-refractivity contribution in [2.75, 3.05) is 6.61 Å². The Balaban J connectivity index is 1.58. The van der Waals surface area contributed by atoms with Gasteiger partial charge in [0.1, 0.15) is 0 Å². The van der Waals surface area contributed by atoms with E-state index in [9.17, 15) is 0 Å². The number of hydrogen-bond donors (Lipinski definition) is 2. The highest BCUT2D eigenvalue weighted by atomic mass is 16.5.